The summed E-state index contributed by atoms with van der Waals surface area (Å²) in [5.41, 5.74) is 6.19. The van der Waals surface area contributed by atoms with Gasteiger partial charge in [0.15, 0.2) is 5.96 Å². The zero-order valence-electron chi connectivity index (χ0n) is 10.2. The quantitative estimate of drug-likeness (QED) is 0.413. The highest BCUT2D eigenvalue weighted by molar-refractivity contribution is 14.0. The Morgan fingerprint density at radius 1 is 1.56 bits per heavy atom. The molecule has 100 valence electrons. The van der Waals surface area contributed by atoms with Crippen LogP contribution in [0, 0.1) is 0 Å². The molecule has 0 unspecified atom stereocenters. The fourth-order valence-corrected chi connectivity index (χ4v) is 1.10. The molecule has 1 heterocycles. The summed E-state index contributed by atoms with van der Waals surface area (Å²) in [5.74, 6) is 0.0624. The predicted octanol–water partition coefficient (Wildman–Crippen LogP) is 0.952. The minimum absolute atomic E-state index is 0. The van der Waals surface area contributed by atoms with Crippen LogP contribution in [0.25, 0.3) is 0 Å². The van der Waals surface area contributed by atoms with E-state index in [9.17, 15) is 4.79 Å². The lowest BCUT2D eigenvalue weighted by Crippen LogP contribution is -2.33. The van der Waals surface area contributed by atoms with Gasteiger partial charge in [0.25, 0.3) is 0 Å². The van der Waals surface area contributed by atoms with Gasteiger partial charge in [-0.3, -0.25) is 9.78 Å². The third-order valence-electron chi connectivity index (χ3n) is 1.89. The second kappa shape index (κ2) is 9.63. The molecular weight excluding hydrogens is 345 g/mol. The molecule has 0 bridgehead atoms. The second-order valence-electron chi connectivity index (χ2n) is 3.42. The van der Waals surface area contributed by atoms with Gasteiger partial charge in [0, 0.05) is 12.7 Å². The van der Waals surface area contributed by atoms with Gasteiger partial charge < -0.3 is 16.4 Å². The lowest BCUT2D eigenvalue weighted by atomic mass is 10.4. The Labute approximate surface area is 123 Å². The summed E-state index contributed by atoms with van der Waals surface area (Å²) in [7, 11) is 0. The Balaban J connectivity index is 0.00000289. The maximum atomic E-state index is 11.5. The molecule has 0 radical (unpaired) electrons. The zero-order chi connectivity index (χ0) is 12.5. The number of nitrogens with two attached hydrogens (primary N) is 1. The molecule has 1 aromatic rings. The van der Waals surface area contributed by atoms with Gasteiger partial charge in [-0.05, 0) is 18.6 Å². The van der Waals surface area contributed by atoms with Crippen LogP contribution in [0.1, 0.15) is 13.3 Å². The molecule has 0 fully saturated rings. The number of carbonyl (C=O) groups is 1. The average Bonchev–Trinajstić information content (AvgIpc) is 2.35. The number of aromatic nitrogens is 1. The molecule has 4 N–H and O–H groups in total. The largest absolute Gasteiger partial charge is 0.370 e. The number of aliphatic imine (C=N–C) groups is 1. The number of rotatable bonds is 5. The minimum atomic E-state index is -0.223. The number of amides is 1. The number of hydrogen-bond donors (Lipinski definition) is 3. The molecule has 0 saturated carbocycles. The van der Waals surface area contributed by atoms with Crippen molar-refractivity contribution in [1.29, 1.82) is 0 Å². The van der Waals surface area contributed by atoms with E-state index in [4.69, 9.17) is 5.73 Å². The van der Waals surface area contributed by atoms with E-state index in [1.165, 1.54) is 0 Å². The van der Waals surface area contributed by atoms with Crippen LogP contribution < -0.4 is 16.4 Å². The Hall–Kier alpha value is -1.38. The van der Waals surface area contributed by atoms with E-state index >= 15 is 0 Å². The highest BCUT2D eigenvalue weighted by atomic mass is 127. The molecular formula is C11H18IN5O. The monoisotopic (exact) mass is 363 g/mol. The SMILES string of the molecule is CCCNC(N)=NCC(=O)Nc1cccnc1.I. The van der Waals surface area contributed by atoms with Crippen molar-refractivity contribution in [2.75, 3.05) is 18.4 Å². The van der Waals surface area contributed by atoms with Gasteiger partial charge in [0.1, 0.15) is 6.54 Å². The first-order valence-corrected chi connectivity index (χ1v) is 5.46. The van der Waals surface area contributed by atoms with E-state index in [-0.39, 0.29) is 42.4 Å². The van der Waals surface area contributed by atoms with Gasteiger partial charge >= 0.3 is 0 Å². The lowest BCUT2D eigenvalue weighted by molar-refractivity contribution is -0.114. The Kier molecular flexibility index (Phi) is 8.89. The first kappa shape index (κ1) is 16.6. The Morgan fingerprint density at radius 2 is 2.33 bits per heavy atom. The molecule has 0 saturated heterocycles. The van der Waals surface area contributed by atoms with Crippen LogP contribution in [0.4, 0.5) is 5.69 Å². The number of guanidine groups is 1. The number of carbonyl (C=O) groups excluding carboxylic acids is 1. The third-order valence-corrected chi connectivity index (χ3v) is 1.89. The van der Waals surface area contributed by atoms with Gasteiger partial charge in [-0.25, -0.2) is 4.99 Å². The van der Waals surface area contributed by atoms with Gasteiger partial charge in [-0.15, -0.1) is 24.0 Å². The standard InChI is InChI=1S/C11H17N5O.HI/c1-2-5-14-11(12)15-8-10(17)16-9-4-3-6-13-7-9;/h3-4,6-7H,2,5,8H2,1H3,(H,16,17)(H3,12,14,15);1H. The summed E-state index contributed by atoms with van der Waals surface area (Å²) < 4.78 is 0. The van der Waals surface area contributed by atoms with E-state index in [1.807, 2.05) is 6.92 Å². The molecule has 18 heavy (non-hydrogen) atoms. The fraction of sp³-hybridized carbons (Fsp3) is 0.364. The van der Waals surface area contributed by atoms with Crippen molar-refractivity contribution in [3.8, 4) is 0 Å². The summed E-state index contributed by atoms with van der Waals surface area (Å²) in [6, 6.07) is 3.50. The summed E-state index contributed by atoms with van der Waals surface area (Å²) in [6.45, 7) is 2.77. The number of pyridine rings is 1. The highest BCUT2D eigenvalue weighted by Crippen LogP contribution is 2.01. The number of nitrogens with one attached hydrogen (secondary N) is 2. The fourth-order valence-electron chi connectivity index (χ4n) is 1.10. The maximum Gasteiger partial charge on any atom is 0.246 e. The molecule has 0 aliphatic carbocycles. The van der Waals surface area contributed by atoms with Gasteiger partial charge in [-0.1, -0.05) is 6.92 Å². The van der Waals surface area contributed by atoms with Crippen LogP contribution in [-0.4, -0.2) is 29.9 Å². The van der Waals surface area contributed by atoms with E-state index in [2.05, 4.69) is 20.6 Å². The van der Waals surface area contributed by atoms with E-state index in [0.29, 0.717) is 5.69 Å². The Morgan fingerprint density at radius 3 is 2.94 bits per heavy atom. The van der Waals surface area contributed by atoms with Crippen molar-refractivity contribution < 1.29 is 4.79 Å². The number of anilines is 1. The molecule has 6 nitrogen and oxygen atoms in total. The van der Waals surface area contributed by atoms with Crippen molar-refractivity contribution in [1.82, 2.24) is 10.3 Å². The summed E-state index contributed by atoms with van der Waals surface area (Å²) in [5, 5.41) is 5.55. The lowest BCUT2D eigenvalue weighted by Gasteiger charge is -2.04. The third kappa shape index (κ3) is 7.05. The normalized spacial score (nSPS) is 10.4. The number of hydrogen-bond acceptors (Lipinski definition) is 3. The molecule has 0 aliphatic heterocycles. The molecule has 1 aromatic heterocycles. The summed E-state index contributed by atoms with van der Waals surface area (Å²) in [6.07, 6.45) is 4.17. The van der Waals surface area contributed by atoms with Crippen molar-refractivity contribution in [2.45, 2.75) is 13.3 Å². The average molecular weight is 363 g/mol. The maximum absolute atomic E-state index is 11.5. The first-order chi connectivity index (χ1) is 8.22. The van der Waals surface area contributed by atoms with Crippen LogP contribution in [0.2, 0.25) is 0 Å². The first-order valence-electron chi connectivity index (χ1n) is 5.46. The Bertz CT molecular complexity index is 382. The topological polar surface area (TPSA) is 92.4 Å². The van der Waals surface area contributed by atoms with Crippen LogP contribution in [0.3, 0.4) is 0 Å². The molecule has 1 amide bonds. The zero-order valence-corrected chi connectivity index (χ0v) is 12.5. The summed E-state index contributed by atoms with van der Waals surface area (Å²) in [4.78, 5) is 19.3. The predicted molar refractivity (Wildman–Crippen MR) is 83.1 cm³/mol. The van der Waals surface area contributed by atoms with Crippen molar-refractivity contribution in [3.63, 3.8) is 0 Å². The van der Waals surface area contributed by atoms with Crippen LogP contribution in [0.5, 0.6) is 0 Å². The molecule has 7 heteroatoms. The van der Waals surface area contributed by atoms with E-state index < -0.39 is 0 Å². The van der Waals surface area contributed by atoms with Crippen LogP contribution >= 0.6 is 24.0 Å². The van der Waals surface area contributed by atoms with Gasteiger partial charge in [0.05, 0.1) is 11.9 Å². The molecule has 1 rings (SSSR count). The van der Waals surface area contributed by atoms with Gasteiger partial charge in [-0.2, -0.15) is 0 Å². The van der Waals surface area contributed by atoms with Crippen molar-refractivity contribution in [3.05, 3.63) is 24.5 Å². The molecule has 0 aromatic carbocycles. The van der Waals surface area contributed by atoms with Crippen molar-refractivity contribution >= 4 is 41.5 Å². The molecule has 0 atom stereocenters. The smallest absolute Gasteiger partial charge is 0.246 e. The second-order valence-corrected chi connectivity index (χ2v) is 3.42. The highest BCUT2D eigenvalue weighted by Gasteiger charge is 2.00. The van der Waals surface area contributed by atoms with Crippen LogP contribution in [0.15, 0.2) is 29.5 Å². The van der Waals surface area contributed by atoms with Gasteiger partial charge in [0.2, 0.25) is 5.91 Å². The number of halogens is 1. The molecule has 0 spiro atoms. The minimum Gasteiger partial charge on any atom is -0.370 e. The van der Waals surface area contributed by atoms with Crippen molar-refractivity contribution in [2.24, 2.45) is 10.7 Å². The number of nitrogens with zero attached hydrogens (tertiary/aromatic N) is 2. The van der Waals surface area contributed by atoms with E-state index in [1.54, 1.807) is 24.5 Å². The van der Waals surface area contributed by atoms with Crippen LogP contribution in [-0.2, 0) is 4.79 Å². The summed E-state index contributed by atoms with van der Waals surface area (Å²) >= 11 is 0. The van der Waals surface area contributed by atoms with E-state index in [0.717, 1.165) is 13.0 Å². The molecule has 0 aliphatic rings.